The molecule has 1 aromatic rings. The third-order valence-electron chi connectivity index (χ3n) is 2.88. The molecule has 0 aliphatic heterocycles. The minimum absolute atomic E-state index is 0.00875. The van der Waals surface area contributed by atoms with Gasteiger partial charge in [-0.15, -0.1) is 0 Å². The molecule has 0 bridgehead atoms. The fraction of sp³-hybridized carbons (Fsp3) is 0.455. The van der Waals surface area contributed by atoms with Crippen molar-refractivity contribution in [1.82, 2.24) is 0 Å². The molecular weight excluding hydrogens is 170 g/mol. The van der Waals surface area contributed by atoms with E-state index < -0.39 is 11.8 Å². The molecule has 70 valence electrons. The Morgan fingerprint density at radius 1 is 1.31 bits per heavy atom. The summed E-state index contributed by atoms with van der Waals surface area (Å²) in [6.45, 7) is 1.61. The lowest BCUT2D eigenvalue weighted by Gasteiger charge is -2.30. The molecule has 0 spiro atoms. The van der Waals surface area contributed by atoms with Gasteiger partial charge in [0.2, 0.25) is 0 Å². The summed E-state index contributed by atoms with van der Waals surface area (Å²) < 4.78 is 26.6. The molecule has 2 heteroatoms. The molecule has 1 aliphatic carbocycles. The first kappa shape index (κ1) is 8.67. The van der Waals surface area contributed by atoms with E-state index in [1.807, 2.05) is 24.3 Å². The summed E-state index contributed by atoms with van der Waals surface area (Å²) in [6.07, 6.45) is 0.499. The standard InChI is InChI=1S/C11H12F2/c1-8-10-5-3-2-4-9(10)6-7-11(8,12)13/h2-5,8H,6-7H2,1H3. The molecule has 0 fully saturated rings. The lowest BCUT2D eigenvalue weighted by Crippen LogP contribution is -2.29. The molecule has 0 N–H and O–H groups in total. The van der Waals surface area contributed by atoms with Crippen molar-refractivity contribution in [3.8, 4) is 0 Å². The van der Waals surface area contributed by atoms with Crippen LogP contribution in [0.1, 0.15) is 30.4 Å². The maximum absolute atomic E-state index is 13.3. The Labute approximate surface area is 76.6 Å². The minimum atomic E-state index is -2.52. The van der Waals surface area contributed by atoms with Crippen LogP contribution < -0.4 is 0 Å². The van der Waals surface area contributed by atoms with Crippen molar-refractivity contribution >= 4 is 0 Å². The second-order valence-electron chi connectivity index (χ2n) is 3.68. The van der Waals surface area contributed by atoms with E-state index in [-0.39, 0.29) is 6.42 Å². The highest BCUT2D eigenvalue weighted by Crippen LogP contribution is 2.42. The van der Waals surface area contributed by atoms with E-state index in [4.69, 9.17) is 0 Å². The molecular formula is C11H12F2. The molecule has 0 saturated heterocycles. The van der Waals surface area contributed by atoms with Crippen LogP contribution in [0, 0.1) is 0 Å². The molecule has 13 heavy (non-hydrogen) atoms. The summed E-state index contributed by atoms with van der Waals surface area (Å²) in [7, 11) is 0. The average Bonchev–Trinajstić information content (AvgIpc) is 2.13. The number of aryl methyl sites for hydroxylation is 1. The molecule has 0 radical (unpaired) electrons. The molecule has 0 amide bonds. The average molecular weight is 182 g/mol. The number of fused-ring (bicyclic) bond motifs is 1. The van der Waals surface area contributed by atoms with Crippen LogP contribution in [-0.4, -0.2) is 5.92 Å². The van der Waals surface area contributed by atoms with Gasteiger partial charge in [0.15, 0.2) is 0 Å². The minimum Gasteiger partial charge on any atom is -0.206 e. The molecule has 1 atom stereocenters. The second-order valence-corrected chi connectivity index (χ2v) is 3.68. The van der Waals surface area contributed by atoms with Crippen molar-refractivity contribution in [3.63, 3.8) is 0 Å². The predicted molar refractivity (Wildman–Crippen MR) is 48.1 cm³/mol. The largest absolute Gasteiger partial charge is 0.254 e. The fourth-order valence-corrected chi connectivity index (χ4v) is 1.93. The highest BCUT2D eigenvalue weighted by molar-refractivity contribution is 5.34. The molecule has 1 aliphatic rings. The Morgan fingerprint density at radius 3 is 2.77 bits per heavy atom. The van der Waals surface area contributed by atoms with Gasteiger partial charge in [-0.05, 0) is 17.5 Å². The third-order valence-corrected chi connectivity index (χ3v) is 2.88. The fourth-order valence-electron chi connectivity index (χ4n) is 1.93. The smallest absolute Gasteiger partial charge is 0.206 e. The molecule has 0 aromatic heterocycles. The highest BCUT2D eigenvalue weighted by atomic mass is 19.3. The maximum Gasteiger partial charge on any atom is 0.254 e. The Kier molecular flexibility index (Phi) is 1.86. The van der Waals surface area contributed by atoms with Gasteiger partial charge < -0.3 is 0 Å². The van der Waals surface area contributed by atoms with Crippen LogP contribution in [-0.2, 0) is 6.42 Å². The van der Waals surface area contributed by atoms with Crippen molar-refractivity contribution < 1.29 is 8.78 Å². The predicted octanol–water partition coefficient (Wildman–Crippen LogP) is 3.37. The van der Waals surface area contributed by atoms with E-state index in [2.05, 4.69) is 0 Å². The first-order valence-corrected chi connectivity index (χ1v) is 4.57. The Balaban J connectivity index is 2.45. The summed E-state index contributed by atoms with van der Waals surface area (Å²) in [5.74, 6) is -3.15. The zero-order chi connectivity index (χ0) is 9.47. The zero-order valence-electron chi connectivity index (χ0n) is 7.56. The van der Waals surface area contributed by atoms with E-state index >= 15 is 0 Å². The van der Waals surface area contributed by atoms with Gasteiger partial charge in [0.25, 0.3) is 5.92 Å². The van der Waals surface area contributed by atoms with Crippen molar-refractivity contribution in [3.05, 3.63) is 35.4 Å². The lowest BCUT2D eigenvalue weighted by molar-refractivity contribution is -0.0360. The quantitative estimate of drug-likeness (QED) is 0.577. The summed E-state index contributed by atoms with van der Waals surface area (Å²) in [5.41, 5.74) is 1.90. The number of hydrogen-bond acceptors (Lipinski definition) is 0. The Bertz CT molecular complexity index is 318. The van der Waals surface area contributed by atoms with Crippen LogP contribution in [0.5, 0.6) is 0 Å². The summed E-state index contributed by atoms with van der Waals surface area (Å²) in [6, 6.07) is 7.50. The first-order chi connectivity index (χ1) is 6.11. The van der Waals surface area contributed by atoms with Crippen molar-refractivity contribution in [1.29, 1.82) is 0 Å². The third kappa shape index (κ3) is 1.34. The van der Waals surface area contributed by atoms with Gasteiger partial charge in [-0.2, -0.15) is 0 Å². The van der Waals surface area contributed by atoms with E-state index in [9.17, 15) is 8.78 Å². The topological polar surface area (TPSA) is 0 Å². The molecule has 1 unspecified atom stereocenters. The van der Waals surface area contributed by atoms with Gasteiger partial charge in [-0.1, -0.05) is 31.2 Å². The van der Waals surface area contributed by atoms with E-state index in [0.29, 0.717) is 6.42 Å². The van der Waals surface area contributed by atoms with Crippen molar-refractivity contribution in [2.75, 3.05) is 0 Å². The normalized spacial score (nSPS) is 25.3. The van der Waals surface area contributed by atoms with Crippen molar-refractivity contribution in [2.24, 2.45) is 0 Å². The number of benzene rings is 1. The number of hydrogen-bond donors (Lipinski definition) is 0. The molecule has 1 aromatic carbocycles. The van der Waals surface area contributed by atoms with Crippen LogP contribution in [0.4, 0.5) is 8.78 Å². The van der Waals surface area contributed by atoms with Crippen LogP contribution in [0.25, 0.3) is 0 Å². The monoisotopic (exact) mass is 182 g/mol. The van der Waals surface area contributed by atoms with Gasteiger partial charge in [0.05, 0.1) is 0 Å². The number of alkyl halides is 2. The van der Waals surface area contributed by atoms with Crippen LogP contribution in [0.2, 0.25) is 0 Å². The lowest BCUT2D eigenvalue weighted by atomic mass is 9.81. The van der Waals surface area contributed by atoms with E-state index in [1.165, 1.54) is 0 Å². The number of rotatable bonds is 0. The SMILES string of the molecule is CC1c2ccccc2CCC1(F)F. The van der Waals surface area contributed by atoms with Gasteiger partial charge in [-0.3, -0.25) is 0 Å². The molecule has 0 nitrogen and oxygen atoms in total. The van der Waals surface area contributed by atoms with Crippen molar-refractivity contribution in [2.45, 2.75) is 31.6 Å². The van der Waals surface area contributed by atoms with Gasteiger partial charge in [0.1, 0.15) is 0 Å². The van der Waals surface area contributed by atoms with Crippen LogP contribution in [0.15, 0.2) is 24.3 Å². The Hall–Kier alpha value is -0.920. The summed E-state index contributed by atoms with van der Waals surface area (Å²) >= 11 is 0. The molecule has 0 saturated carbocycles. The van der Waals surface area contributed by atoms with E-state index in [0.717, 1.165) is 11.1 Å². The van der Waals surface area contributed by atoms with Crippen LogP contribution >= 0.6 is 0 Å². The number of halogens is 2. The Morgan fingerprint density at radius 2 is 2.00 bits per heavy atom. The molecule has 2 rings (SSSR count). The molecule has 0 heterocycles. The summed E-state index contributed by atoms with van der Waals surface area (Å²) in [4.78, 5) is 0. The van der Waals surface area contributed by atoms with Gasteiger partial charge in [0, 0.05) is 12.3 Å². The van der Waals surface area contributed by atoms with Gasteiger partial charge >= 0.3 is 0 Å². The first-order valence-electron chi connectivity index (χ1n) is 4.57. The van der Waals surface area contributed by atoms with E-state index in [1.54, 1.807) is 6.92 Å². The highest BCUT2D eigenvalue weighted by Gasteiger charge is 2.40. The summed E-state index contributed by atoms with van der Waals surface area (Å²) in [5, 5.41) is 0. The van der Waals surface area contributed by atoms with Gasteiger partial charge in [-0.25, -0.2) is 8.78 Å². The second kappa shape index (κ2) is 2.79. The maximum atomic E-state index is 13.3. The van der Waals surface area contributed by atoms with Crippen LogP contribution in [0.3, 0.4) is 0 Å². The zero-order valence-corrected chi connectivity index (χ0v) is 7.56.